The summed E-state index contributed by atoms with van der Waals surface area (Å²) in [6.07, 6.45) is -6.09. The molecule has 0 aromatic heterocycles. The smallest absolute Gasteiger partial charge is 0.460 e. The number of halogens is 7. The highest BCUT2D eigenvalue weighted by Crippen LogP contribution is 2.52. The zero-order valence-electron chi connectivity index (χ0n) is 14.5. The van der Waals surface area contributed by atoms with Crippen LogP contribution >= 0.6 is 11.8 Å². The second-order valence-electron chi connectivity index (χ2n) is 6.49. The molecule has 2 aliphatic rings. The largest absolute Gasteiger partial charge is 0.487 e. The number of hydrogen-bond donors (Lipinski definition) is 1. The maximum Gasteiger partial charge on any atom is 0.460 e. The number of aliphatic hydroxyl groups is 1. The van der Waals surface area contributed by atoms with Crippen molar-refractivity contribution in [1.29, 1.82) is 0 Å². The van der Waals surface area contributed by atoms with E-state index < -0.39 is 30.4 Å². The molecule has 12 heteroatoms. The SMILES string of the molecule is C/N=C1\SC2Cc3cc(OCC(F)(F)C(F)(F)C(F)(F)F)ccc3C2(O)N1C. The second kappa shape index (κ2) is 6.41. The quantitative estimate of drug-likeness (QED) is 0.739. The zero-order chi connectivity index (χ0) is 21.1. The van der Waals surface area contributed by atoms with Gasteiger partial charge >= 0.3 is 18.0 Å². The molecule has 1 heterocycles. The number of aliphatic imine (C=N–C) groups is 1. The Bertz CT molecular complexity index is 815. The summed E-state index contributed by atoms with van der Waals surface area (Å²) in [6, 6.07) is 3.77. The Kier molecular flexibility index (Phi) is 4.81. The highest BCUT2D eigenvalue weighted by atomic mass is 32.2. The van der Waals surface area contributed by atoms with E-state index in [4.69, 9.17) is 0 Å². The van der Waals surface area contributed by atoms with Crippen LogP contribution in [-0.4, -0.2) is 59.1 Å². The molecule has 1 aliphatic carbocycles. The number of fused-ring (bicyclic) bond motifs is 3. The number of thioether (sulfide) groups is 1. The van der Waals surface area contributed by atoms with Crippen molar-refractivity contribution >= 4 is 16.9 Å². The van der Waals surface area contributed by atoms with E-state index in [0.717, 1.165) is 6.07 Å². The molecule has 28 heavy (non-hydrogen) atoms. The van der Waals surface area contributed by atoms with Crippen molar-refractivity contribution in [1.82, 2.24) is 4.90 Å². The molecule has 1 N–H and O–H groups in total. The van der Waals surface area contributed by atoms with Gasteiger partial charge in [0.2, 0.25) is 0 Å². The minimum atomic E-state index is -6.40. The Morgan fingerprint density at radius 3 is 2.46 bits per heavy atom. The van der Waals surface area contributed by atoms with Crippen molar-refractivity contribution in [3.63, 3.8) is 0 Å². The molecule has 2 unspecified atom stereocenters. The normalized spacial score (nSPS) is 26.6. The maximum absolute atomic E-state index is 13.4. The van der Waals surface area contributed by atoms with Crippen LogP contribution in [-0.2, 0) is 12.1 Å². The fourth-order valence-corrected chi connectivity index (χ4v) is 4.62. The molecule has 1 fully saturated rings. The molecular formula is C16H15F7N2O2S. The van der Waals surface area contributed by atoms with E-state index in [1.165, 1.54) is 23.9 Å². The molecule has 1 saturated heterocycles. The Hall–Kier alpha value is -1.69. The Balaban J connectivity index is 1.80. The topological polar surface area (TPSA) is 45.1 Å². The molecule has 1 aromatic carbocycles. The van der Waals surface area contributed by atoms with Gasteiger partial charge in [-0.1, -0.05) is 17.8 Å². The summed E-state index contributed by atoms with van der Waals surface area (Å²) in [7, 11) is 3.20. The highest BCUT2D eigenvalue weighted by molar-refractivity contribution is 8.14. The molecule has 0 amide bonds. The number of benzene rings is 1. The summed E-state index contributed by atoms with van der Waals surface area (Å²) in [5.41, 5.74) is -0.406. The van der Waals surface area contributed by atoms with E-state index in [-0.39, 0.29) is 11.0 Å². The third kappa shape index (κ3) is 2.92. The molecule has 4 nitrogen and oxygen atoms in total. The lowest BCUT2D eigenvalue weighted by Gasteiger charge is -2.31. The fourth-order valence-electron chi connectivity index (χ4n) is 3.25. The van der Waals surface area contributed by atoms with Crippen molar-refractivity contribution in [3.05, 3.63) is 29.3 Å². The van der Waals surface area contributed by atoms with Crippen molar-refractivity contribution in [3.8, 4) is 5.75 Å². The average Bonchev–Trinajstić information content (AvgIpc) is 3.01. The third-order valence-corrected chi connectivity index (χ3v) is 6.25. The summed E-state index contributed by atoms with van der Waals surface area (Å²) in [5, 5.41) is 11.3. The van der Waals surface area contributed by atoms with Crippen LogP contribution in [0.5, 0.6) is 5.75 Å². The van der Waals surface area contributed by atoms with Gasteiger partial charge in [0.05, 0.1) is 5.25 Å². The molecule has 0 bridgehead atoms. The van der Waals surface area contributed by atoms with Crippen LogP contribution in [0.2, 0.25) is 0 Å². The van der Waals surface area contributed by atoms with E-state index in [9.17, 15) is 35.8 Å². The van der Waals surface area contributed by atoms with Gasteiger partial charge in [-0.3, -0.25) is 4.99 Å². The van der Waals surface area contributed by atoms with Gasteiger partial charge in [0, 0.05) is 19.7 Å². The number of nitrogens with zero attached hydrogens (tertiary/aromatic N) is 2. The van der Waals surface area contributed by atoms with Crippen LogP contribution in [0.15, 0.2) is 23.2 Å². The molecule has 2 atom stereocenters. The lowest BCUT2D eigenvalue weighted by molar-refractivity contribution is -0.358. The lowest BCUT2D eigenvalue weighted by Crippen LogP contribution is -2.54. The van der Waals surface area contributed by atoms with Gasteiger partial charge in [-0.25, -0.2) is 0 Å². The summed E-state index contributed by atoms with van der Waals surface area (Å²) >= 11 is 1.32. The number of rotatable bonds is 4. The Morgan fingerprint density at radius 1 is 1.25 bits per heavy atom. The second-order valence-corrected chi connectivity index (χ2v) is 7.66. The summed E-state index contributed by atoms with van der Waals surface area (Å²) in [4.78, 5) is 5.62. The Morgan fingerprint density at radius 2 is 1.89 bits per heavy atom. The summed E-state index contributed by atoms with van der Waals surface area (Å²) in [5.74, 6) is -12.0. The first-order valence-corrected chi connectivity index (χ1v) is 8.82. The minimum absolute atomic E-state index is 0.294. The van der Waals surface area contributed by atoms with E-state index in [1.54, 1.807) is 19.0 Å². The van der Waals surface area contributed by atoms with E-state index in [2.05, 4.69) is 9.73 Å². The molecular weight excluding hydrogens is 417 g/mol. The maximum atomic E-state index is 13.4. The third-order valence-electron chi connectivity index (χ3n) is 4.80. The van der Waals surface area contributed by atoms with Crippen LogP contribution in [0.4, 0.5) is 30.7 Å². The average molecular weight is 432 g/mol. The number of ether oxygens (including phenoxy) is 1. The predicted octanol–water partition coefficient (Wildman–Crippen LogP) is 3.63. The first-order valence-electron chi connectivity index (χ1n) is 7.94. The number of hydrogen-bond acceptors (Lipinski definition) is 4. The fraction of sp³-hybridized carbons (Fsp3) is 0.562. The zero-order valence-corrected chi connectivity index (χ0v) is 15.3. The summed E-state index contributed by atoms with van der Waals surface area (Å²) in [6.45, 7) is -2.15. The van der Waals surface area contributed by atoms with Crippen molar-refractivity contribution in [2.24, 2.45) is 4.99 Å². The van der Waals surface area contributed by atoms with Crippen molar-refractivity contribution < 1.29 is 40.6 Å². The predicted molar refractivity (Wildman–Crippen MR) is 88.0 cm³/mol. The molecule has 1 aromatic rings. The van der Waals surface area contributed by atoms with E-state index in [0.29, 0.717) is 22.7 Å². The summed E-state index contributed by atoms with van der Waals surface area (Å²) < 4.78 is 93.7. The molecule has 0 radical (unpaired) electrons. The molecule has 1 aliphatic heterocycles. The van der Waals surface area contributed by atoms with Crippen LogP contribution in [0, 0.1) is 0 Å². The van der Waals surface area contributed by atoms with Gasteiger partial charge in [-0.2, -0.15) is 30.7 Å². The van der Waals surface area contributed by atoms with E-state index in [1.807, 2.05) is 0 Å². The molecule has 156 valence electrons. The monoisotopic (exact) mass is 432 g/mol. The van der Waals surface area contributed by atoms with Gasteiger partial charge in [0.15, 0.2) is 17.5 Å². The van der Waals surface area contributed by atoms with Crippen LogP contribution in [0.3, 0.4) is 0 Å². The van der Waals surface area contributed by atoms with E-state index >= 15 is 0 Å². The van der Waals surface area contributed by atoms with Gasteiger partial charge in [-0.15, -0.1) is 0 Å². The molecule has 0 saturated carbocycles. The lowest BCUT2D eigenvalue weighted by atomic mass is 10.0. The Labute approximate surface area is 159 Å². The standard InChI is InChI=1S/C16H15F7N2O2S/c1-24-12-25(2)14(26)10-4-3-9(5-8(10)6-11(14)28-12)27-7-13(17,18)15(19,20)16(21,22)23/h3-5,11,26H,6-7H2,1-2H3/b24-12-. The van der Waals surface area contributed by atoms with Gasteiger partial charge in [0.1, 0.15) is 5.75 Å². The van der Waals surface area contributed by atoms with Crippen molar-refractivity contribution in [2.45, 2.75) is 35.4 Å². The van der Waals surface area contributed by atoms with Gasteiger partial charge < -0.3 is 14.7 Å². The number of alkyl halides is 7. The molecule has 3 rings (SSSR count). The first kappa shape index (κ1) is 21.0. The van der Waals surface area contributed by atoms with Crippen LogP contribution in [0.25, 0.3) is 0 Å². The van der Waals surface area contributed by atoms with Gasteiger partial charge in [0.25, 0.3) is 0 Å². The van der Waals surface area contributed by atoms with Crippen molar-refractivity contribution in [2.75, 3.05) is 20.7 Å². The van der Waals surface area contributed by atoms with Crippen LogP contribution in [0.1, 0.15) is 11.1 Å². The van der Waals surface area contributed by atoms with Gasteiger partial charge in [-0.05, 0) is 24.1 Å². The first-order chi connectivity index (χ1) is 12.8. The minimum Gasteiger partial charge on any atom is -0.487 e. The number of amidine groups is 1. The highest BCUT2D eigenvalue weighted by Gasteiger charge is 2.73. The van der Waals surface area contributed by atoms with Crippen LogP contribution < -0.4 is 4.74 Å². The molecule has 0 spiro atoms.